The highest BCUT2D eigenvalue weighted by Gasteiger charge is 2.42. The molecule has 1 saturated carbocycles. The molecule has 0 heterocycles. The SMILES string of the molecule is CCOC(=O)C1CC1/C=C(\C)c1ccccc1. The summed E-state index contributed by atoms with van der Waals surface area (Å²) >= 11 is 0. The van der Waals surface area contributed by atoms with Gasteiger partial charge in [0.15, 0.2) is 0 Å². The van der Waals surface area contributed by atoms with Gasteiger partial charge in [0.2, 0.25) is 0 Å². The minimum atomic E-state index is -0.0467. The Morgan fingerprint density at radius 2 is 2.12 bits per heavy atom. The largest absolute Gasteiger partial charge is 0.466 e. The van der Waals surface area contributed by atoms with E-state index in [1.165, 1.54) is 11.1 Å². The molecule has 2 rings (SSSR count). The molecule has 0 spiro atoms. The van der Waals surface area contributed by atoms with Crippen LogP contribution < -0.4 is 0 Å². The van der Waals surface area contributed by atoms with Crippen LogP contribution in [0, 0.1) is 11.8 Å². The molecule has 0 N–H and O–H groups in total. The molecular formula is C15H18O2. The van der Waals surface area contributed by atoms with Gasteiger partial charge >= 0.3 is 5.97 Å². The maximum atomic E-state index is 11.5. The molecule has 0 aliphatic heterocycles. The number of hydrogen-bond donors (Lipinski definition) is 0. The Morgan fingerprint density at radius 3 is 2.76 bits per heavy atom. The van der Waals surface area contributed by atoms with E-state index in [0.717, 1.165) is 6.42 Å². The van der Waals surface area contributed by atoms with Gasteiger partial charge in [0.25, 0.3) is 0 Å². The van der Waals surface area contributed by atoms with Crippen molar-refractivity contribution in [3.05, 3.63) is 42.0 Å². The molecule has 1 aliphatic rings. The Bertz CT molecular complexity index is 420. The molecule has 1 aliphatic carbocycles. The summed E-state index contributed by atoms with van der Waals surface area (Å²) in [6.45, 7) is 4.42. The van der Waals surface area contributed by atoms with Crippen molar-refractivity contribution in [1.82, 2.24) is 0 Å². The minimum Gasteiger partial charge on any atom is -0.466 e. The second kappa shape index (κ2) is 5.17. The van der Waals surface area contributed by atoms with Crippen LogP contribution in [0.1, 0.15) is 25.8 Å². The predicted molar refractivity (Wildman–Crippen MR) is 68.3 cm³/mol. The van der Waals surface area contributed by atoms with Crippen LogP contribution in [0.4, 0.5) is 0 Å². The highest BCUT2D eigenvalue weighted by Crippen LogP contribution is 2.42. The lowest BCUT2D eigenvalue weighted by Crippen LogP contribution is -2.07. The quantitative estimate of drug-likeness (QED) is 0.742. The van der Waals surface area contributed by atoms with E-state index in [1.807, 2.05) is 25.1 Å². The normalized spacial score (nSPS) is 23.3. The number of carbonyl (C=O) groups is 1. The third-order valence-electron chi connectivity index (χ3n) is 3.12. The Morgan fingerprint density at radius 1 is 1.41 bits per heavy atom. The van der Waals surface area contributed by atoms with Crippen molar-refractivity contribution in [3.8, 4) is 0 Å². The molecule has 0 amide bonds. The lowest BCUT2D eigenvalue weighted by atomic mass is 10.1. The average Bonchev–Trinajstić information content (AvgIpc) is 3.10. The third-order valence-corrected chi connectivity index (χ3v) is 3.12. The van der Waals surface area contributed by atoms with E-state index in [-0.39, 0.29) is 11.9 Å². The molecule has 1 fully saturated rings. The summed E-state index contributed by atoms with van der Waals surface area (Å²) in [6.07, 6.45) is 3.12. The Hall–Kier alpha value is -1.57. The van der Waals surface area contributed by atoms with Gasteiger partial charge in [-0.15, -0.1) is 0 Å². The number of hydrogen-bond acceptors (Lipinski definition) is 2. The summed E-state index contributed by atoms with van der Waals surface area (Å²) < 4.78 is 5.02. The lowest BCUT2D eigenvalue weighted by molar-refractivity contribution is -0.144. The summed E-state index contributed by atoms with van der Waals surface area (Å²) in [5.41, 5.74) is 2.46. The zero-order valence-electron chi connectivity index (χ0n) is 10.3. The first kappa shape index (κ1) is 11.9. The standard InChI is InChI=1S/C15H18O2/c1-3-17-15(16)14-10-13(14)9-11(2)12-7-5-4-6-8-12/h4-9,13-14H,3,10H2,1-2H3/b11-9+. The van der Waals surface area contributed by atoms with Gasteiger partial charge in [0.05, 0.1) is 12.5 Å². The van der Waals surface area contributed by atoms with Crippen molar-refractivity contribution in [2.24, 2.45) is 11.8 Å². The monoisotopic (exact) mass is 230 g/mol. The molecule has 2 heteroatoms. The second-order valence-electron chi connectivity index (χ2n) is 4.47. The molecule has 2 unspecified atom stereocenters. The summed E-state index contributed by atoms with van der Waals surface area (Å²) in [6, 6.07) is 10.3. The van der Waals surface area contributed by atoms with Gasteiger partial charge in [0.1, 0.15) is 0 Å². The van der Waals surface area contributed by atoms with Gasteiger partial charge < -0.3 is 4.74 Å². The van der Waals surface area contributed by atoms with E-state index in [4.69, 9.17) is 4.74 Å². The van der Waals surface area contributed by atoms with Gasteiger partial charge in [-0.3, -0.25) is 4.79 Å². The van der Waals surface area contributed by atoms with Crippen molar-refractivity contribution >= 4 is 11.5 Å². The predicted octanol–water partition coefficient (Wildman–Crippen LogP) is 3.29. The van der Waals surface area contributed by atoms with E-state index < -0.39 is 0 Å². The van der Waals surface area contributed by atoms with Crippen molar-refractivity contribution in [2.75, 3.05) is 6.61 Å². The third kappa shape index (κ3) is 2.96. The molecule has 90 valence electrons. The maximum absolute atomic E-state index is 11.5. The molecule has 17 heavy (non-hydrogen) atoms. The van der Waals surface area contributed by atoms with Crippen molar-refractivity contribution in [2.45, 2.75) is 20.3 Å². The van der Waals surface area contributed by atoms with E-state index >= 15 is 0 Å². The molecule has 0 aromatic heterocycles. The molecular weight excluding hydrogens is 212 g/mol. The number of carbonyl (C=O) groups excluding carboxylic acids is 1. The molecule has 2 nitrogen and oxygen atoms in total. The fourth-order valence-electron chi connectivity index (χ4n) is 2.04. The van der Waals surface area contributed by atoms with Gasteiger partial charge in [-0.25, -0.2) is 0 Å². The van der Waals surface area contributed by atoms with Crippen LogP contribution in [0.2, 0.25) is 0 Å². The summed E-state index contributed by atoms with van der Waals surface area (Å²) in [5.74, 6) is 0.414. The van der Waals surface area contributed by atoms with Crippen LogP contribution >= 0.6 is 0 Å². The fourth-order valence-corrected chi connectivity index (χ4v) is 2.04. The van der Waals surface area contributed by atoms with E-state index in [0.29, 0.717) is 12.5 Å². The van der Waals surface area contributed by atoms with Crippen molar-refractivity contribution < 1.29 is 9.53 Å². The van der Waals surface area contributed by atoms with E-state index in [9.17, 15) is 4.79 Å². The van der Waals surface area contributed by atoms with Crippen molar-refractivity contribution in [1.29, 1.82) is 0 Å². The minimum absolute atomic E-state index is 0.0467. The number of rotatable bonds is 4. The van der Waals surface area contributed by atoms with Gasteiger partial charge in [-0.2, -0.15) is 0 Å². The van der Waals surface area contributed by atoms with Gasteiger partial charge in [-0.05, 0) is 37.3 Å². The van der Waals surface area contributed by atoms with Crippen molar-refractivity contribution in [3.63, 3.8) is 0 Å². The second-order valence-corrected chi connectivity index (χ2v) is 4.47. The molecule has 0 bridgehead atoms. The van der Waals surface area contributed by atoms with Gasteiger partial charge in [0, 0.05) is 0 Å². The number of benzene rings is 1. The molecule has 0 radical (unpaired) electrons. The first-order valence-corrected chi connectivity index (χ1v) is 6.13. The zero-order chi connectivity index (χ0) is 12.3. The molecule has 2 atom stereocenters. The van der Waals surface area contributed by atoms with Crippen LogP contribution in [-0.4, -0.2) is 12.6 Å². The average molecular weight is 230 g/mol. The van der Waals surface area contributed by atoms with Crippen LogP contribution in [0.5, 0.6) is 0 Å². The Balaban J connectivity index is 1.97. The summed E-state index contributed by atoms with van der Waals surface area (Å²) in [5, 5.41) is 0. The fraction of sp³-hybridized carbons (Fsp3) is 0.400. The Labute approximate surface area is 102 Å². The number of allylic oxidation sites excluding steroid dienone is 2. The smallest absolute Gasteiger partial charge is 0.309 e. The first-order chi connectivity index (χ1) is 8.22. The topological polar surface area (TPSA) is 26.3 Å². The number of ether oxygens (including phenoxy) is 1. The summed E-state index contributed by atoms with van der Waals surface area (Å²) in [7, 11) is 0. The van der Waals surface area contributed by atoms with Gasteiger partial charge in [-0.1, -0.05) is 36.4 Å². The lowest BCUT2D eigenvalue weighted by Gasteiger charge is -2.01. The summed E-state index contributed by atoms with van der Waals surface area (Å²) in [4.78, 5) is 11.5. The Kier molecular flexibility index (Phi) is 3.62. The van der Waals surface area contributed by atoms with Crippen LogP contribution in [-0.2, 0) is 9.53 Å². The molecule has 1 aromatic carbocycles. The highest BCUT2D eigenvalue weighted by molar-refractivity contribution is 5.77. The van der Waals surface area contributed by atoms with Crippen LogP contribution in [0.25, 0.3) is 5.57 Å². The highest BCUT2D eigenvalue weighted by atomic mass is 16.5. The molecule has 0 saturated heterocycles. The maximum Gasteiger partial charge on any atom is 0.309 e. The zero-order valence-corrected chi connectivity index (χ0v) is 10.3. The molecule has 1 aromatic rings. The number of esters is 1. The van der Waals surface area contributed by atoms with E-state index in [1.54, 1.807) is 0 Å². The first-order valence-electron chi connectivity index (χ1n) is 6.13. The van der Waals surface area contributed by atoms with Crippen LogP contribution in [0.15, 0.2) is 36.4 Å². The van der Waals surface area contributed by atoms with E-state index in [2.05, 4.69) is 25.1 Å². The van der Waals surface area contributed by atoms with Crippen LogP contribution in [0.3, 0.4) is 0 Å².